The van der Waals surface area contributed by atoms with Gasteiger partial charge in [-0.2, -0.15) is 0 Å². The average molecular weight is 283 g/mol. The van der Waals surface area contributed by atoms with Gasteiger partial charge in [-0.25, -0.2) is 0 Å². The second kappa shape index (κ2) is 6.41. The predicted molar refractivity (Wildman–Crippen MR) is 81.0 cm³/mol. The van der Waals surface area contributed by atoms with Gasteiger partial charge in [0.05, 0.1) is 12.3 Å². The Labute approximate surface area is 123 Å². The Hall–Kier alpha value is -2.33. The van der Waals surface area contributed by atoms with E-state index in [-0.39, 0.29) is 6.10 Å². The second-order valence-electron chi connectivity index (χ2n) is 4.85. The van der Waals surface area contributed by atoms with Crippen LogP contribution in [0.15, 0.2) is 47.5 Å². The van der Waals surface area contributed by atoms with E-state index in [1.807, 2.05) is 42.5 Å². The van der Waals surface area contributed by atoms with Crippen molar-refractivity contribution in [1.29, 1.82) is 0 Å². The van der Waals surface area contributed by atoms with E-state index in [9.17, 15) is 0 Å². The average Bonchev–Trinajstić information content (AvgIpc) is 3.23. The Kier molecular flexibility index (Phi) is 4.17. The second-order valence-corrected chi connectivity index (χ2v) is 4.85. The number of rotatable bonds is 7. The lowest BCUT2D eigenvalue weighted by atomic mass is 10.1. The Morgan fingerprint density at radius 3 is 3.00 bits per heavy atom. The summed E-state index contributed by atoms with van der Waals surface area (Å²) in [4.78, 5) is 0. The van der Waals surface area contributed by atoms with Crippen molar-refractivity contribution >= 4 is 12.2 Å². The SMILES string of the molecule is C=CCc1cc(C=Cc2ccccc2OCC2CO2)on1. The van der Waals surface area contributed by atoms with E-state index in [0.29, 0.717) is 18.8 Å². The Morgan fingerprint density at radius 1 is 1.33 bits per heavy atom. The molecule has 108 valence electrons. The minimum atomic E-state index is 0.248. The van der Waals surface area contributed by atoms with Gasteiger partial charge in [0.15, 0.2) is 5.76 Å². The number of epoxide rings is 1. The van der Waals surface area contributed by atoms with Crippen LogP contribution in [0.4, 0.5) is 0 Å². The quantitative estimate of drug-likeness (QED) is 0.577. The normalized spacial score (nSPS) is 17.0. The van der Waals surface area contributed by atoms with Crippen LogP contribution >= 0.6 is 0 Å². The minimum absolute atomic E-state index is 0.248. The highest BCUT2D eigenvalue weighted by Gasteiger charge is 2.23. The Balaban J connectivity index is 1.69. The van der Waals surface area contributed by atoms with Gasteiger partial charge in [-0.3, -0.25) is 0 Å². The van der Waals surface area contributed by atoms with Crippen molar-refractivity contribution in [3.05, 3.63) is 60.0 Å². The highest BCUT2D eigenvalue weighted by atomic mass is 16.6. The number of aromatic nitrogens is 1. The summed E-state index contributed by atoms with van der Waals surface area (Å²) in [5.41, 5.74) is 1.87. The zero-order chi connectivity index (χ0) is 14.5. The maximum absolute atomic E-state index is 5.76. The van der Waals surface area contributed by atoms with Gasteiger partial charge in [0.2, 0.25) is 0 Å². The molecule has 1 atom stereocenters. The molecule has 0 amide bonds. The van der Waals surface area contributed by atoms with Crippen molar-refractivity contribution in [2.24, 2.45) is 0 Å². The van der Waals surface area contributed by atoms with Crippen LogP contribution in [0.2, 0.25) is 0 Å². The molecule has 4 heteroatoms. The van der Waals surface area contributed by atoms with Crippen molar-refractivity contribution in [2.45, 2.75) is 12.5 Å². The first-order chi connectivity index (χ1) is 10.3. The highest BCUT2D eigenvalue weighted by Crippen LogP contribution is 2.22. The van der Waals surface area contributed by atoms with E-state index >= 15 is 0 Å². The van der Waals surface area contributed by atoms with Crippen molar-refractivity contribution in [3.63, 3.8) is 0 Å². The molecule has 1 aromatic carbocycles. The molecule has 1 aromatic heterocycles. The summed E-state index contributed by atoms with van der Waals surface area (Å²) >= 11 is 0. The largest absolute Gasteiger partial charge is 0.490 e. The fourth-order valence-electron chi connectivity index (χ4n) is 1.92. The van der Waals surface area contributed by atoms with Crippen LogP contribution in [0.5, 0.6) is 5.75 Å². The standard InChI is InChI=1S/C17H17NO3/c1-2-5-14-10-15(21-18-14)9-8-13-6-3-4-7-17(13)20-12-16-11-19-16/h2-4,6-10,16H,1,5,11-12H2. The van der Waals surface area contributed by atoms with Gasteiger partial charge in [-0.15, -0.1) is 6.58 Å². The van der Waals surface area contributed by atoms with Crippen molar-refractivity contribution in [1.82, 2.24) is 5.16 Å². The number of hydrogen-bond acceptors (Lipinski definition) is 4. The molecule has 1 unspecified atom stereocenters. The lowest BCUT2D eigenvalue weighted by molar-refractivity contribution is 0.262. The zero-order valence-electron chi connectivity index (χ0n) is 11.7. The Morgan fingerprint density at radius 2 is 2.19 bits per heavy atom. The third-order valence-electron chi connectivity index (χ3n) is 3.10. The third-order valence-corrected chi connectivity index (χ3v) is 3.10. The number of ether oxygens (including phenoxy) is 2. The molecular weight excluding hydrogens is 266 g/mol. The lowest BCUT2D eigenvalue weighted by Gasteiger charge is -2.07. The van der Waals surface area contributed by atoms with Gasteiger partial charge in [-0.05, 0) is 18.2 Å². The van der Waals surface area contributed by atoms with Crippen LogP contribution < -0.4 is 4.74 Å². The molecule has 3 rings (SSSR count). The first kappa shape index (κ1) is 13.6. The molecule has 2 aromatic rings. The third kappa shape index (κ3) is 3.83. The Bertz CT molecular complexity index is 641. The summed E-state index contributed by atoms with van der Waals surface area (Å²) in [5.74, 6) is 1.56. The molecule has 1 aliphatic rings. The van der Waals surface area contributed by atoms with Crippen molar-refractivity contribution < 1.29 is 14.0 Å². The molecule has 0 radical (unpaired) electrons. The van der Waals surface area contributed by atoms with Gasteiger partial charge in [-0.1, -0.05) is 29.4 Å². The molecule has 1 fully saturated rings. The number of nitrogens with zero attached hydrogens (tertiary/aromatic N) is 1. The van der Waals surface area contributed by atoms with Gasteiger partial charge >= 0.3 is 0 Å². The van der Waals surface area contributed by atoms with E-state index < -0.39 is 0 Å². The molecule has 0 saturated carbocycles. The van der Waals surface area contributed by atoms with E-state index in [2.05, 4.69) is 11.7 Å². The molecule has 2 heterocycles. The molecule has 0 N–H and O–H groups in total. The maximum atomic E-state index is 5.76. The van der Waals surface area contributed by atoms with Crippen LogP contribution in [0.3, 0.4) is 0 Å². The van der Waals surface area contributed by atoms with Crippen LogP contribution in [-0.4, -0.2) is 24.5 Å². The van der Waals surface area contributed by atoms with Gasteiger partial charge < -0.3 is 14.0 Å². The monoisotopic (exact) mass is 283 g/mol. The summed E-state index contributed by atoms with van der Waals surface area (Å²) < 4.78 is 16.1. The van der Waals surface area contributed by atoms with Gasteiger partial charge in [0.1, 0.15) is 18.5 Å². The highest BCUT2D eigenvalue weighted by molar-refractivity contribution is 5.70. The van der Waals surface area contributed by atoms with Crippen LogP contribution in [0.1, 0.15) is 17.0 Å². The number of benzene rings is 1. The van der Waals surface area contributed by atoms with E-state index in [0.717, 1.165) is 23.6 Å². The summed E-state index contributed by atoms with van der Waals surface area (Å²) in [6.07, 6.45) is 6.60. The van der Waals surface area contributed by atoms with Crippen molar-refractivity contribution in [2.75, 3.05) is 13.2 Å². The molecule has 0 aliphatic carbocycles. The van der Waals surface area contributed by atoms with E-state index in [1.54, 1.807) is 6.08 Å². The smallest absolute Gasteiger partial charge is 0.159 e. The first-order valence-corrected chi connectivity index (χ1v) is 6.93. The predicted octanol–water partition coefficient (Wildman–Crippen LogP) is 3.35. The van der Waals surface area contributed by atoms with Crippen LogP contribution in [0.25, 0.3) is 12.2 Å². The van der Waals surface area contributed by atoms with Crippen LogP contribution in [0, 0.1) is 0 Å². The molecular formula is C17H17NO3. The first-order valence-electron chi connectivity index (χ1n) is 6.93. The molecule has 1 saturated heterocycles. The summed E-state index contributed by atoms with van der Waals surface area (Å²) in [6.45, 7) is 5.07. The summed E-state index contributed by atoms with van der Waals surface area (Å²) in [5, 5.41) is 3.96. The van der Waals surface area contributed by atoms with E-state index in [1.165, 1.54) is 0 Å². The van der Waals surface area contributed by atoms with Gasteiger partial charge in [0.25, 0.3) is 0 Å². The molecule has 1 aliphatic heterocycles. The van der Waals surface area contributed by atoms with Gasteiger partial charge in [0, 0.05) is 18.1 Å². The van der Waals surface area contributed by atoms with Crippen molar-refractivity contribution in [3.8, 4) is 5.75 Å². The fourth-order valence-corrected chi connectivity index (χ4v) is 1.92. The number of allylic oxidation sites excluding steroid dienone is 1. The van der Waals surface area contributed by atoms with Crippen LogP contribution in [-0.2, 0) is 11.2 Å². The minimum Gasteiger partial charge on any atom is -0.490 e. The molecule has 0 spiro atoms. The maximum Gasteiger partial charge on any atom is 0.159 e. The topological polar surface area (TPSA) is 47.8 Å². The molecule has 0 bridgehead atoms. The number of hydrogen-bond donors (Lipinski definition) is 0. The fraction of sp³-hybridized carbons (Fsp3) is 0.235. The summed E-state index contributed by atoms with van der Waals surface area (Å²) in [6, 6.07) is 9.78. The molecule has 21 heavy (non-hydrogen) atoms. The molecule has 4 nitrogen and oxygen atoms in total. The zero-order valence-corrected chi connectivity index (χ0v) is 11.7. The van der Waals surface area contributed by atoms with E-state index in [4.69, 9.17) is 14.0 Å². The lowest BCUT2D eigenvalue weighted by Crippen LogP contribution is -2.04. The summed E-state index contributed by atoms with van der Waals surface area (Å²) in [7, 11) is 0. The number of para-hydroxylation sites is 1.